The van der Waals surface area contributed by atoms with Gasteiger partial charge in [-0.25, -0.2) is 4.98 Å². The van der Waals surface area contributed by atoms with Gasteiger partial charge in [0.05, 0.1) is 5.69 Å². The molecule has 0 unspecified atom stereocenters. The monoisotopic (exact) mass is 300 g/mol. The molecule has 21 heavy (non-hydrogen) atoms. The van der Waals surface area contributed by atoms with Crippen LogP contribution in [-0.4, -0.2) is 17.4 Å². The van der Waals surface area contributed by atoms with E-state index in [1.807, 2.05) is 11.8 Å². The number of rotatable bonds is 1. The molecule has 0 saturated carbocycles. The van der Waals surface area contributed by atoms with Crippen molar-refractivity contribution in [2.75, 3.05) is 11.4 Å². The molecule has 0 fully saturated rings. The quantitative estimate of drug-likeness (QED) is 0.747. The van der Waals surface area contributed by atoms with Crippen LogP contribution in [0.1, 0.15) is 33.6 Å². The summed E-state index contributed by atoms with van der Waals surface area (Å²) >= 11 is 5.98. The molecule has 1 aliphatic heterocycles. The van der Waals surface area contributed by atoms with Crippen LogP contribution in [0.3, 0.4) is 0 Å². The van der Waals surface area contributed by atoms with Crippen LogP contribution in [0.2, 0.25) is 5.15 Å². The Hall–Kier alpha value is -1.87. The fourth-order valence-corrected chi connectivity index (χ4v) is 3.21. The van der Waals surface area contributed by atoms with Gasteiger partial charge in [0.1, 0.15) is 5.15 Å². The lowest BCUT2D eigenvalue weighted by molar-refractivity contribution is 0.0984. The number of para-hydroxylation sites is 1. The molecule has 0 spiro atoms. The topological polar surface area (TPSA) is 33.2 Å². The Morgan fingerprint density at radius 1 is 1.29 bits per heavy atom. The maximum Gasteiger partial charge on any atom is 0.258 e. The number of pyridine rings is 1. The maximum atomic E-state index is 12.9. The van der Waals surface area contributed by atoms with Crippen LogP contribution < -0.4 is 4.90 Å². The van der Waals surface area contributed by atoms with Crippen molar-refractivity contribution in [3.63, 3.8) is 0 Å². The molecular weight excluding hydrogens is 284 g/mol. The number of aryl methyl sites for hydroxylation is 3. The molecule has 0 saturated heterocycles. The van der Waals surface area contributed by atoms with E-state index in [-0.39, 0.29) is 5.91 Å². The van der Waals surface area contributed by atoms with Crippen molar-refractivity contribution in [2.24, 2.45) is 0 Å². The van der Waals surface area contributed by atoms with E-state index in [1.165, 1.54) is 5.56 Å². The summed E-state index contributed by atoms with van der Waals surface area (Å²) in [6, 6.07) is 9.64. The van der Waals surface area contributed by atoms with Gasteiger partial charge in [-0.2, -0.15) is 0 Å². The highest BCUT2D eigenvalue weighted by Gasteiger charge is 2.25. The van der Waals surface area contributed by atoms with Crippen LogP contribution in [-0.2, 0) is 6.42 Å². The Kier molecular flexibility index (Phi) is 3.68. The fraction of sp³-hybridized carbons (Fsp3) is 0.294. The zero-order valence-electron chi connectivity index (χ0n) is 12.2. The number of amides is 1. The predicted octanol–water partition coefficient (Wildman–Crippen LogP) is 3.94. The first kappa shape index (κ1) is 14.1. The van der Waals surface area contributed by atoms with Gasteiger partial charge in [0, 0.05) is 17.8 Å². The molecule has 3 nitrogen and oxygen atoms in total. The van der Waals surface area contributed by atoms with Gasteiger partial charge >= 0.3 is 0 Å². The van der Waals surface area contributed by atoms with E-state index in [9.17, 15) is 4.79 Å². The molecule has 2 heterocycles. The van der Waals surface area contributed by atoms with Crippen LogP contribution in [0.15, 0.2) is 30.3 Å². The number of nitrogens with zero attached hydrogens (tertiary/aromatic N) is 2. The number of fused-ring (bicyclic) bond motifs is 1. The minimum absolute atomic E-state index is 0.00218. The van der Waals surface area contributed by atoms with Crippen LogP contribution >= 0.6 is 11.6 Å². The van der Waals surface area contributed by atoms with Crippen LogP contribution in [0, 0.1) is 13.8 Å². The van der Waals surface area contributed by atoms with Gasteiger partial charge in [0.15, 0.2) is 0 Å². The summed E-state index contributed by atoms with van der Waals surface area (Å²) in [6.45, 7) is 4.64. The van der Waals surface area contributed by atoms with Crippen LogP contribution in [0.4, 0.5) is 5.69 Å². The molecule has 1 aromatic heterocycles. The Bertz CT molecular complexity index is 692. The molecule has 0 N–H and O–H groups in total. The van der Waals surface area contributed by atoms with E-state index in [2.05, 4.69) is 30.1 Å². The van der Waals surface area contributed by atoms with Crippen molar-refractivity contribution >= 4 is 23.2 Å². The van der Waals surface area contributed by atoms with Gasteiger partial charge in [-0.05, 0) is 49.9 Å². The molecule has 0 atom stereocenters. The summed E-state index contributed by atoms with van der Waals surface area (Å²) in [4.78, 5) is 18.9. The van der Waals surface area contributed by atoms with E-state index in [1.54, 1.807) is 12.1 Å². The molecule has 3 rings (SSSR count). The molecule has 1 amide bonds. The minimum atomic E-state index is -0.00218. The summed E-state index contributed by atoms with van der Waals surface area (Å²) in [5.74, 6) is -0.00218. The van der Waals surface area contributed by atoms with Crippen molar-refractivity contribution in [1.82, 2.24) is 4.98 Å². The average molecular weight is 301 g/mol. The number of halogens is 1. The van der Waals surface area contributed by atoms with Crippen molar-refractivity contribution in [1.29, 1.82) is 0 Å². The molecule has 1 aromatic carbocycles. The molecule has 0 radical (unpaired) electrons. The number of benzene rings is 1. The van der Waals surface area contributed by atoms with Crippen molar-refractivity contribution in [3.8, 4) is 0 Å². The third-order valence-corrected chi connectivity index (χ3v) is 4.03. The van der Waals surface area contributed by atoms with E-state index in [4.69, 9.17) is 11.6 Å². The Balaban J connectivity index is 2.04. The molecule has 4 heteroatoms. The summed E-state index contributed by atoms with van der Waals surface area (Å²) in [7, 11) is 0. The van der Waals surface area contributed by atoms with Gasteiger partial charge < -0.3 is 4.90 Å². The van der Waals surface area contributed by atoms with Crippen molar-refractivity contribution in [2.45, 2.75) is 26.7 Å². The highest BCUT2D eigenvalue weighted by atomic mass is 35.5. The normalized spacial score (nSPS) is 14.0. The first-order valence-electron chi connectivity index (χ1n) is 7.11. The number of aromatic nitrogens is 1. The van der Waals surface area contributed by atoms with Crippen molar-refractivity contribution in [3.05, 3.63) is 57.9 Å². The highest BCUT2D eigenvalue weighted by Crippen LogP contribution is 2.31. The number of carbonyl (C=O) groups is 1. The predicted molar refractivity (Wildman–Crippen MR) is 85.2 cm³/mol. The largest absolute Gasteiger partial charge is 0.308 e. The Morgan fingerprint density at radius 3 is 2.86 bits per heavy atom. The average Bonchev–Trinajstić information content (AvgIpc) is 2.45. The van der Waals surface area contributed by atoms with E-state index < -0.39 is 0 Å². The minimum Gasteiger partial charge on any atom is -0.308 e. The third-order valence-electron chi connectivity index (χ3n) is 3.83. The zero-order valence-corrected chi connectivity index (χ0v) is 12.9. The second-order valence-electron chi connectivity index (χ2n) is 5.46. The number of carbonyl (C=O) groups excluding carboxylic acids is 1. The molecule has 2 aromatic rings. The molecule has 1 aliphatic rings. The molecule has 108 valence electrons. The van der Waals surface area contributed by atoms with Gasteiger partial charge in [-0.15, -0.1) is 0 Å². The third kappa shape index (κ3) is 2.66. The van der Waals surface area contributed by atoms with Gasteiger partial charge in [0.2, 0.25) is 0 Å². The standard InChI is InChI=1S/C17H17ClN2O/c1-11-5-3-6-13-7-4-8-20(16(11)13)17(21)14-9-12(2)19-15(18)10-14/h3,5-6,9-10H,4,7-8H2,1-2H3. The number of hydrogen-bond acceptors (Lipinski definition) is 2. The van der Waals surface area contributed by atoms with Gasteiger partial charge in [-0.3, -0.25) is 4.79 Å². The van der Waals surface area contributed by atoms with Crippen LogP contribution in [0.25, 0.3) is 0 Å². The van der Waals surface area contributed by atoms with E-state index in [0.717, 1.165) is 36.3 Å². The number of anilines is 1. The zero-order chi connectivity index (χ0) is 15.0. The fourth-order valence-electron chi connectivity index (χ4n) is 2.96. The molecular formula is C17H17ClN2O. The Labute approximate surface area is 129 Å². The lowest BCUT2D eigenvalue weighted by atomic mass is 9.97. The second kappa shape index (κ2) is 5.49. The van der Waals surface area contributed by atoms with Crippen LogP contribution in [0.5, 0.6) is 0 Å². The molecule has 0 bridgehead atoms. The summed E-state index contributed by atoms with van der Waals surface area (Å²) in [6.07, 6.45) is 2.01. The molecule has 0 aliphatic carbocycles. The van der Waals surface area contributed by atoms with E-state index in [0.29, 0.717) is 10.7 Å². The lowest BCUT2D eigenvalue weighted by Crippen LogP contribution is -2.36. The van der Waals surface area contributed by atoms with Gasteiger partial charge in [0.25, 0.3) is 5.91 Å². The second-order valence-corrected chi connectivity index (χ2v) is 5.85. The maximum absolute atomic E-state index is 12.9. The summed E-state index contributed by atoms with van der Waals surface area (Å²) in [5.41, 5.74) is 4.79. The number of hydrogen-bond donors (Lipinski definition) is 0. The SMILES string of the molecule is Cc1cc(C(=O)N2CCCc3cccc(C)c32)cc(Cl)n1. The summed E-state index contributed by atoms with van der Waals surface area (Å²) in [5, 5.41) is 0.361. The first-order chi connectivity index (χ1) is 10.1. The van der Waals surface area contributed by atoms with E-state index >= 15 is 0 Å². The highest BCUT2D eigenvalue weighted by molar-refractivity contribution is 6.30. The first-order valence-corrected chi connectivity index (χ1v) is 7.48. The van der Waals surface area contributed by atoms with Gasteiger partial charge in [-0.1, -0.05) is 29.8 Å². The smallest absolute Gasteiger partial charge is 0.258 e. The summed E-state index contributed by atoms with van der Waals surface area (Å²) < 4.78 is 0. The van der Waals surface area contributed by atoms with Crippen molar-refractivity contribution < 1.29 is 4.79 Å². The Morgan fingerprint density at radius 2 is 2.10 bits per heavy atom. The lowest BCUT2D eigenvalue weighted by Gasteiger charge is -2.31.